The zero-order chi connectivity index (χ0) is 11.5. The Balaban J connectivity index is 2.20. The summed E-state index contributed by atoms with van der Waals surface area (Å²) in [6.07, 6.45) is 2.02. The molecule has 0 radical (unpaired) electrons. The van der Waals surface area contributed by atoms with Gasteiger partial charge in [-0.15, -0.1) is 0 Å². The van der Waals surface area contributed by atoms with Crippen molar-refractivity contribution in [3.05, 3.63) is 46.5 Å². The second-order valence-corrected chi connectivity index (χ2v) is 4.10. The van der Waals surface area contributed by atoms with Gasteiger partial charge in [-0.2, -0.15) is 0 Å². The van der Waals surface area contributed by atoms with Crippen molar-refractivity contribution in [2.45, 2.75) is 13.5 Å². The van der Waals surface area contributed by atoms with Crippen molar-refractivity contribution in [1.82, 2.24) is 9.55 Å². The number of hydrogen-bond donors (Lipinski definition) is 1. The number of aromatic amines is 1. The highest BCUT2D eigenvalue weighted by molar-refractivity contribution is 7.71. The molecule has 0 bridgehead atoms. The van der Waals surface area contributed by atoms with Gasteiger partial charge in [0.25, 0.3) is 0 Å². The summed E-state index contributed by atoms with van der Waals surface area (Å²) in [6, 6.07) is 8.00. The van der Waals surface area contributed by atoms with Crippen LogP contribution in [0.4, 0.5) is 0 Å². The molecule has 0 fully saturated rings. The van der Waals surface area contributed by atoms with Gasteiger partial charge >= 0.3 is 0 Å². The van der Waals surface area contributed by atoms with Crippen LogP contribution < -0.4 is 4.74 Å². The third-order valence-corrected chi connectivity index (χ3v) is 2.76. The molecule has 2 aromatic rings. The average Bonchev–Trinajstić information content (AvgIpc) is 2.59. The minimum Gasteiger partial charge on any atom is -0.497 e. The Morgan fingerprint density at radius 3 is 2.50 bits per heavy atom. The quantitative estimate of drug-likeness (QED) is 0.828. The summed E-state index contributed by atoms with van der Waals surface area (Å²) in [5, 5.41) is 0. The van der Waals surface area contributed by atoms with Crippen LogP contribution in [0.15, 0.2) is 30.5 Å². The van der Waals surface area contributed by atoms with Crippen molar-refractivity contribution in [3.8, 4) is 5.75 Å². The first kappa shape index (κ1) is 11.0. The molecule has 0 aliphatic carbocycles. The predicted octanol–water partition coefficient (Wildman–Crippen LogP) is 2.91. The topological polar surface area (TPSA) is 29.9 Å². The lowest BCUT2D eigenvalue weighted by Crippen LogP contribution is -1.97. The summed E-state index contributed by atoms with van der Waals surface area (Å²) in [6.45, 7) is 2.79. The molecule has 84 valence electrons. The molecule has 0 amide bonds. The number of aromatic nitrogens is 2. The molecule has 1 N–H and O–H groups in total. The molecule has 0 spiro atoms. The Kier molecular flexibility index (Phi) is 3.10. The number of methoxy groups -OCH3 is 1. The van der Waals surface area contributed by atoms with Crippen LogP contribution in [0.5, 0.6) is 5.75 Å². The van der Waals surface area contributed by atoms with E-state index < -0.39 is 0 Å². The van der Waals surface area contributed by atoms with E-state index in [-0.39, 0.29) is 0 Å². The van der Waals surface area contributed by atoms with Gasteiger partial charge in [0.05, 0.1) is 7.11 Å². The number of benzene rings is 1. The number of hydrogen-bond acceptors (Lipinski definition) is 2. The lowest BCUT2D eigenvalue weighted by Gasteiger charge is -2.04. The van der Waals surface area contributed by atoms with E-state index in [2.05, 4.69) is 4.98 Å². The Hall–Kier alpha value is -1.55. The molecule has 1 aromatic carbocycles. The first-order chi connectivity index (χ1) is 7.69. The highest BCUT2D eigenvalue weighted by Crippen LogP contribution is 2.12. The summed E-state index contributed by atoms with van der Waals surface area (Å²) >= 11 is 5.20. The van der Waals surface area contributed by atoms with Crippen molar-refractivity contribution in [2.75, 3.05) is 7.11 Å². The van der Waals surface area contributed by atoms with Crippen molar-refractivity contribution >= 4 is 12.2 Å². The SMILES string of the molecule is COc1ccc(Cn2cc(C)[nH]c2=S)cc1. The number of H-pyrrole nitrogens is 1. The van der Waals surface area contributed by atoms with Gasteiger partial charge in [-0.3, -0.25) is 0 Å². The molecule has 4 heteroatoms. The minimum atomic E-state index is 0.758. The summed E-state index contributed by atoms with van der Waals surface area (Å²) in [7, 11) is 1.67. The monoisotopic (exact) mass is 234 g/mol. The first-order valence-electron chi connectivity index (χ1n) is 5.08. The zero-order valence-electron chi connectivity index (χ0n) is 9.36. The number of nitrogens with one attached hydrogen (secondary N) is 1. The molecule has 0 saturated carbocycles. The fraction of sp³-hybridized carbons (Fsp3) is 0.250. The molecule has 0 saturated heterocycles. The van der Waals surface area contributed by atoms with Gasteiger partial charge < -0.3 is 14.3 Å². The molecular weight excluding hydrogens is 220 g/mol. The molecule has 1 heterocycles. The summed E-state index contributed by atoms with van der Waals surface area (Å²) in [5.41, 5.74) is 2.29. The molecule has 0 unspecified atom stereocenters. The Bertz CT molecular complexity index is 525. The number of imidazole rings is 1. The van der Waals surface area contributed by atoms with Crippen LogP contribution in [0.2, 0.25) is 0 Å². The van der Waals surface area contributed by atoms with Crippen LogP contribution >= 0.6 is 12.2 Å². The predicted molar refractivity (Wildman–Crippen MR) is 66.4 cm³/mol. The zero-order valence-corrected chi connectivity index (χ0v) is 10.2. The normalized spacial score (nSPS) is 10.4. The fourth-order valence-corrected chi connectivity index (χ4v) is 1.89. The summed E-state index contributed by atoms with van der Waals surface area (Å²) in [4.78, 5) is 3.10. The smallest absolute Gasteiger partial charge is 0.177 e. The van der Waals surface area contributed by atoms with Gasteiger partial charge in [0.2, 0.25) is 0 Å². The van der Waals surface area contributed by atoms with Crippen molar-refractivity contribution in [3.63, 3.8) is 0 Å². The summed E-state index contributed by atoms with van der Waals surface area (Å²) in [5.74, 6) is 0.873. The third kappa shape index (κ3) is 2.33. The van der Waals surface area contributed by atoms with Crippen LogP contribution in [0, 0.1) is 11.7 Å². The number of nitrogens with zero attached hydrogens (tertiary/aromatic N) is 1. The second kappa shape index (κ2) is 4.53. The number of ether oxygens (including phenoxy) is 1. The highest BCUT2D eigenvalue weighted by Gasteiger charge is 1.99. The Morgan fingerprint density at radius 2 is 2.00 bits per heavy atom. The van der Waals surface area contributed by atoms with Gasteiger partial charge in [-0.05, 0) is 36.8 Å². The van der Waals surface area contributed by atoms with E-state index in [1.165, 1.54) is 5.56 Å². The van der Waals surface area contributed by atoms with Crippen LogP contribution in [-0.4, -0.2) is 16.7 Å². The molecule has 0 aliphatic rings. The Morgan fingerprint density at radius 1 is 1.31 bits per heavy atom. The lowest BCUT2D eigenvalue weighted by molar-refractivity contribution is 0.414. The maximum Gasteiger partial charge on any atom is 0.177 e. The molecule has 2 rings (SSSR count). The molecule has 0 aliphatic heterocycles. The maximum atomic E-state index is 5.20. The fourth-order valence-electron chi connectivity index (χ4n) is 1.61. The van der Waals surface area contributed by atoms with E-state index in [1.807, 2.05) is 42.0 Å². The van der Waals surface area contributed by atoms with E-state index in [9.17, 15) is 0 Å². The van der Waals surface area contributed by atoms with Crippen LogP contribution in [0.3, 0.4) is 0 Å². The second-order valence-electron chi connectivity index (χ2n) is 3.72. The van der Waals surface area contributed by atoms with Crippen molar-refractivity contribution in [1.29, 1.82) is 0 Å². The number of aryl methyl sites for hydroxylation is 1. The van der Waals surface area contributed by atoms with Crippen molar-refractivity contribution < 1.29 is 4.74 Å². The van der Waals surface area contributed by atoms with Crippen LogP contribution in [0.25, 0.3) is 0 Å². The van der Waals surface area contributed by atoms with Gasteiger partial charge in [0.1, 0.15) is 5.75 Å². The van der Waals surface area contributed by atoms with Gasteiger partial charge in [-0.1, -0.05) is 12.1 Å². The Labute approximate surface area is 99.7 Å². The molecule has 0 atom stereocenters. The molecule has 16 heavy (non-hydrogen) atoms. The standard InChI is InChI=1S/C12H14N2OS/c1-9-7-14(12(16)13-9)8-10-3-5-11(15-2)6-4-10/h3-7H,8H2,1-2H3,(H,13,16). The first-order valence-corrected chi connectivity index (χ1v) is 5.49. The minimum absolute atomic E-state index is 0.758. The molecule has 1 aromatic heterocycles. The third-order valence-electron chi connectivity index (χ3n) is 2.43. The van der Waals surface area contributed by atoms with Gasteiger partial charge in [0.15, 0.2) is 4.77 Å². The van der Waals surface area contributed by atoms with Crippen LogP contribution in [-0.2, 0) is 6.54 Å². The van der Waals surface area contributed by atoms with E-state index in [0.29, 0.717) is 0 Å². The van der Waals surface area contributed by atoms with E-state index in [0.717, 1.165) is 22.8 Å². The number of rotatable bonds is 3. The van der Waals surface area contributed by atoms with Crippen LogP contribution in [0.1, 0.15) is 11.3 Å². The average molecular weight is 234 g/mol. The van der Waals surface area contributed by atoms with E-state index in [1.54, 1.807) is 7.11 Å². The molecule has 3 nitrogen and oxygen atoms in total. The van der Waals surface area contributed by atoms with E-state index >= 15 is 0 Å². The van der Waals surface area contributed by atoms with Crippen molar-refractivity contribution in [2.24, 2.45) is 0 Å². The van der Waals surface area contributed by atoms with E-state index in [4.69, 9.17) is 17.0 Å². The molecular formula is C12H14N2OS. The highest BCUT2D eigenvalue weighted by atomic mass is 32.1. The maximum absolute atomic E-state index is 5.20. The lowest BCUT2D eigenvalue weighted by atomic mass is 10.2. The summed E-state index contributed by atoms with van der Waals surface area (Å²) < 4.78 is 7.89. The largest absolute Gasteiger partial charge is 0.497 e. The van der Waals surface area contributed by atoms with Gasteiger partial charge in [0, 0.05) is 18.4 Å². The van der Waals surface area contributed by atoms with Gasteiger partial charge in [-0.25, -0.2) is 0 Å².